The van der Waals surface area contributed by atoms with Crippen molar-refractivity contribution in [2.75, 3.05) is 53.4 Å². The minimum atomic E-state index is -0.601. The molecule has 0 aliphatic carbocycles. The summed E-state index contributed by atoms with van der Waals surface area (Å²) in [5.74, 6) is 0.0359. The first kappa shape index (κ1) is 19.9. The van der Waals surface area contributed by atoms with E-state index in [4.69, 9.17) is 0 Å². The molecule has 1 aromatic rings. The van der Waals surface area contributed by atoms with Gasteiger partial charge in [-0.15, -0.1) is 0 Å². The first-order chi connectivity index (χ1) is 11.7. The van der Waals surface area contributed by atoms with Gasteiger partial charge >= 0.3 is 0 Å². The third-order valence-corrected chi connectivity index (χ3v) is 5.20. The molecule has 1 saturated heterocycles. The van der Waals surface area contributed by atoms with E-state index in [0.717, 1.165) is 31.7 Å². The number of aliphatic hydroxyl groups is 1. The maximum Gasteiger partial charge on any atom is 0.232 e. The quantitative estimate of drug-likeness (QED) is 0.844. The normalized spacial score (nSPS) is 18.2. The molecule has 5 nitrogen and oxygen atoms in total. The van der Waals surface area contributed by atoms with Gasteiger partial charge in [-0.25, -0.2) is 0 Å². The molecule has 5 heteroatoms. The Bertz CT molecular complexity index is 563. The number of carbonyl (C=O) groups excluding carboxylic acids is 1. The van der Waals surface area contributed by atoms with Gasteiger partial charge in [0.15, 0.2) is 0 Å². The lowest BCUT2D eigenvalue weighted by molar-refractivity contribution is -0.136. The molecule has 1 heterocycles. The summed E-state index contributed by atoms with van der Waals surface area (Å²) in [4.78, 5) is 19.1. The maximum atomic E-state index is 12.9. The summed E-state index contributed by atoms with van der Waals surface area (Å²) in [7, 11) is 3.90. The van der Waals surface area contributed by atoms with Gasteiger partial charge in [0.25, 0.3) is 0 Å². The van der Waals surface area contributed by atoms with Crippen LogP contribution in [0.2, 0.25) is 0 Å². The standard InChI is InChI=1S/C20H33N3O2/c1-16-6-8-17(9-7-16)20(2,3)19(25)22(5)14-18(24)15-23-12-10-21(4)11-13-23/h6-9,18,24H,10-15H2,1-5H3. The average Bonchev–Trinajstić information content (AvgIpc) is 2.56. The predicted molar refractivity (Wildman–Crippen MR) is 102 cm³/mol. The van der Waals surface area contributed by atoms with Crippen molar-refractivity contribution in [3.63, 3.8) is 0 Å². The number of carbonyl (C=O) groups is 1. The van der Waals surface area contributed by atoms with E-state index in [-0.39, 0.29) is 5.91 Å². The van der Waals surface area contributed by atoms with Gasteiger partial charge < -0.3 is 14.9 Å². The van der Waals surface area contributed by atoms with Gasteiger partial charge in [-0.2, -0.15) is 0 Å². The van der Waals surface area contributed by atoms with Crippen LogP contribution in [0.5, 0.6) is 0 Å². The summed E-state index contributed by atoms with van der Waals surface area (Å²) in [6, 6.07) is 8.10. The van der Waals surface area contributed by atoms with Crippen molar-refractivity contribution in [3.05, 3.63) is 35.4 Å². The number of likely N-dealkylation sites (N-methyl/N-ethyl adjacent to an activating group) is 2. The van der Waals surface area contributed by atoms with Gasteiger partial charge in [-0.3, -0.25) is 9.69 Å². The van der Waals surface area contributed by atoms with Crippen molar-refractivity contribution >= 4 is 5.91 Å². The summed E-state index contributed by atoms with van der Waals surface area (Å²) in [5, 5.41) is 10.4. The molecule has 1 unspecified atom stereocenters. The highest BCUT2D eigenvalue weighted by atomic mass is 16.3. The van der Waals surface area contributed by atoms with Crippen LogP contribution in [0.25, 0.3) is 0 Å². The van der Waals surface area contributed by atoms with E-state index in [1.165, 1.54) is 5.56 Å². The predicted octanol–water partition coefficient (Wildman–Crippen LogP) is 1.34. The smallest absolute Gasteiger partial charge is 0.232 e. The fraction of sp³-hybridized carbons (Fsp3) is 0.650. The molecule has 2 rings (SSSR count). The third kappa shape index (κ3) is 5.27. The number of benzene rings is 1. The van der Waals surface area contributed by atoms with E-state index < -0.39 is 11.5 Å². The zero-order chi connectivity index (χ0) is 18.6. The summed E-state index contributed by atoms with van der Waals surface area (Å²) in [5.41, 5.74) is 1.59. The molecule has 140 valence electrons. The lowest BCUT2D eigenvalue weighted by Crippen LogP contribution is -2.50. The Labute approximate surface area is 152 Å². The van der Waals surface area contributed by atoms with Gasteiger partial charge in [0.1, 0.15) is 0 Å². The van der Waals surface area contributed by atoms with E-state index in [1.54, 1.807) is 11.9 Å². The lowest BCUT2D eigenvalue weighted by atomic mass is 9.83. The zero-order valence-corrected chi connectivity index (χ0v) is 16.3. The minimum absolute atomic E-state index is 0.0359. The maximum absolute atomic E-state index is 12.9. The van der Waals surface area contributed by atoms with Crippen molar-refractivity contribution in [2.24, 2.45) is 0 Å². The number of amides is 1. The monoisotopic (exact) mass is 347 g/mol. The number of aliphatic hydroxyl groups excluding tert-OH is 1. The summed E-state index contributed by atoms with van der Waals surface area (Å²) in [6.45, 7) is 10.9. The number of β-amino-alcohol motifs (C(OH)–C–C–N with tert-alkyl or cyclic N) is 1. The molecule has 1 aliphatic heterocycles. The fourth-order valence-corrected chi connectivity index (χ4v) is 3.36. The summed E-state index contributed by atoms with van der Waals surface area (Å²) in [6.07, 6.45) is -0.522. The highest BCUT2D eigenvalue weighted by Gasteiger charge is 2.33. The molecule has 0 radical (unpaired) electrons. The zero-order valence-electron chi connectivity index (χ0n) is 16.3. The second kappa shape index (κ2) is 8.30. The van der Waals surface area contributed by atoms with E-state index in [9.17, 15) is 9.90 Å². The molecule has 1 aromatic carbocycles. The Morgan fingerprint density at radius 1 is 1.20 bits per heavy atom. The Kier molecular flexibility index (Phi) is 6.60. The third-order valence-electron chi connectivity index (χ3n) is 5.20. The molecular weight excluding hydrogens is 314 g/mol. The van der Waals surface area contributed by atoms with Gasteiger partial charge in [0.05, 0.1) is 11.5 Å². The van der Waals surface area contributed by atoms with Crippen molar-refractivity contribution in [2.45, 2.75) is 32.3 Å². The molecule has 0 bridgehead atoms. The summed E-state index contributed by atoms with van der Waals surface area (Å²) >= 11 is 0. The van der Waals surface area contributed by atoms with E-state index in [1.807, 2.05) is 45.0 Å². The van der Waals surface area contributed by atoms with E-state index >= 15 is 0 Å². The number of hydrogen-bond donors (Lipinski definition) is 1. The van der Waals surface area contributed by atoms with Crippen LogP contribution in [0.3, 0.4) is 0 Å². The Morgan fingerprint density at radius 3 is 2.32 bits per heavy atom. The lowest BCUT2D eigenvalue weighted by Gasteiger charge is -2.35. The molecule has 0 saturated carbocycles. The molecule has 1 amide bonds. The van der Waals surface area contributed by atoms with Crippen molar-refractivity contribution in [1.29, 1.82) is 0 Å². The van der Waals surface area contributed by atoms with Crippen LogP contribution in [-0.2, 0) is 10.2 Å². The Morgan fingerprint density at radius 2 is 1.76 bits per heavy atom. The second-order valence-electron chi connectivity index (χ2n) is 7.93. The highest BCUT2D eigenvalue weighted by molar-refractivity contribution is 5.87. The number of aryl methyl sites for hydroxylation is 1. The van der Waals surface area contributed by atoms with Crippen LogP contribution in [-0.4, -0.2) is 85.2 Å². The Balaban J connectivity index is 1.91. The molecule has 0 spiro atoms. The van der Waals surface area contributed by atoms with Crippen LogP contribution in [0.15, 0.2) is 24.3 Å². The van der Waals surface area contributed by atoms with Crippen molar-refractivity contribution in [1.82, 2.24) is 14.7 Å². The fourth-order valence-electron chi connectivity index (χ4n) is 3.36. The SMILES string of the molecule is Cc1ccc(C(C)(C)C(=O)N(C)CC(O)CN2CCN(C)CC2)cc1. The number of piperazine rings is 1. The van der Waals surface area contributed by atoms with Crippen LogP contribution in [0.4, 0.5) is 0 Å². The molecule has 25 heavy (non-hydrogen) atoms. The topological polar surface area (TPSA) is 47.0 Å². The average molecular weight is 348 g/mol. The molecule has 0 aromatic heterocycles. The number of nitrogens with zero attached hydrogens (tertiary/aromatic N) is 3. The second-order valence-corrected chi connectivity index (χ2v) is 7.93. The van der Waals surface area contributed by atoms with Crippen LogP contribution in [0, 0.1) is 6.92 Å². The Hall–Kier alpha value is -1.43. The molecule has 1 atom stereocenters. The molecule has 1 fully saturated rings. The number of rotatable bonds is 6. The van der Waals surface area contributed by atoms with Crippen LogP contribution < -0.4 is 0 Å². The van der Waals surface area contributed by atoms with Crippen LogP contribution in [0.1, 0.15) is 25.0 Å². The molecular formula is C20H33N3O2. The van der Waals surface area contributed by atoms with Gasteiger partial charge in [-0.05, 0) is 33.4 Å². The van der Waals surface area contributed by atoms with Gasteiger partial charge in [0.2, 0.25) is 5.91 Å². The van der Waals surface area contributed by atoms with Gasteiger partial charge in [0, 0.05) is 46.3 Å². The minimum Gasteiger partial charge on any atom is -0.390 e. The number of hydrogen-bond acceptors (Lipinski definition) is 4. The molecule has 1 N–H and O–H groups in total. The van der Waals surface area contributed by atoms with E-state index in [2.05, 4.69) is 16.8 Å². The first-order valence-corrected chi connectivity index (χ1v) is 9.12. The largest absolute Gasteiger partial charge is 0.390 e. The molecule has 1 aliphatic rings. The van der Waals surface area contributed by atoms with Crippen LogP contribution >= 0.6 is 0 Å². The highest BCUT2D eigenvalue weighted by Crippen LogP contribution is 2.25. The van der Waals surface area contributed by atoms with Crippen molar-refractivity contribution < 1.29 is 9.90 Å². The van der Waals surface area contributed by atoms with E-state index in [0.29, 0.717) is 13.1 Å². The van der Waals surface area contributed by atoms with Crippen molar-refractivity contribution in [3.8, 4) is 0 Å². The first-order valence-electron chi connectivity index (χ1n) is 9.12. The van der Waals surface area contributed by atoms with Gasteiger partial charge in [-0.1, -0.05) is 29.8 Å². The summed E-state index contributed by atoms with van der Waals surface area (Å²) < 4.78 is 0.